The number of nitrogens with one attached hydrogen (secondary N) is 1. The van der Waals surface area contributed by atoms with Gasteiger partial charge < -0.3 is 9.80 Å². The Kier molecular flexibility index (Phi) is 5.21. The van der Waals surface area contributed by atoms with Crippen molar-refractivity contribution in [2.75, 3.05) is 27.2 Å². The predicted molar refractivity (Wildman–Crippen MR) is 67.1 cm³/mol. The molecule has 1 saturated heterocycles. The number of urea groups is 1. The number of halogens is 1. The molecule has 2 atom stereocenters. The van der Waals surface area contributed by atoms with Crippen LogP contribution in [0.5, 0.6) is 0 Å². The van der Waals surface area contributed by atoms with Crippen molar-refractivity contribution < 1.29 is 9.59 Å². The van der Waals surface area contributed by atoms with Gasteiger partial charge in [0.25, 0.3) is 0 Å². The number of likely N-dealkylation sites (N-methyl/N-ethyl adjacent to an activating group) is 2. The van der Waals surface area contributed by atoms with E-state index in [4.69, 9.17) is 11.6 Å². The number of hydrogen-bond donors (Lipinski definition) is 1. The molecule has 0 aromatic heterocycles. The minimum Gasteiger partial charge on any atom is -0.326 e. The lowest BCUT2D eigenvalue weighted by Gasteiger charge is -2.25. The van der Waals surface area contributed by atoms with Crippen molar-refractivity contribution >= 4 is 23.5 Å². The number of amides is 3. The molecule has 1 N–H and O–H groups in total. The van der Waals surface area contributed by atoms with Crippen LogP contribution in [0.3, 0.4) is 0 Å². The minimum atomic E-state index is -0.693. The molecule has 0 saturated carbocycles. The molecule has 3 amide bonds. The Morgan fingerprint density at radius 1 is 1.59 bits per heavy atom. The Balaban J connectivity index is 2.39. The van der Waals surface area contributed by atoms with Crippen LogP contribution in [-0.2, 0) is 4.79 Å². The first-order valence-electron chi connectivity index (χ1n) is 5.82. The zero-order valence-electron chi connectivity index (χ0n) is 10.6. The molecule has 17 heavy (non-hydrogen) atoms. The molecule has 2 unspecified atom stereocenters. The van der Waals surface area contributed by atoms with E-state index in [0.29, 0.717) is 12.6 Å². The number of likely N-dealkylation sites (tertiary alicyclic amines) is 1. The Bertz CT molecular complexity index is 296. The van der Waals surface area contributed by atoms with Crippen LogP contribution >= 0.6 is 11.6 Å². The number of hydrogen-bond acceptors (Lipinski definition) is 3. The van der Waals surface area contributed by atoms with E-state index in [2.05, 4.69) is 17.3 Å². The minimum absolute atomic E-state index is 0.384. The normalized spacial score (nSPS) is 22.2. The molecular formula is C11H20ClN3O2. The summed E-state index contributed by atoms with van der Waals surface area (Å²) in [7, 11) is 3.74. The summed E-state index contributed by atoms with van der Waals surface area (Å²) in [5.74, 6) is -0.455. The molecule has 1 heterocycles. The zero-order valence-corrected chi connectivity index (χ0v) is 11.3. The highest BCUT2D eigenvalue weighted by Crippen LogP contribution is 2.15. The number of carbonyl (C=O) groups excluding carboxylic acids is 2. The van der Waals surface area contributed by atoms with Crippen molar-refractivity contribution in [1.82, 2.24) is 15.1 Å². The van der Waals surface area contributed by atoms with E-state index in [1.54, 1.807) is 7.05 Å². The molecule has 1 aliphatic rings. The summed E-state index contributed by atoms with van der Waals surface area (Å²) in [6.07, 6.45) is 2.25. The molecule has 0 bridgehead atoms. The Labute approximate surface area is 107 Å². The van der Waals surface area contributed by atoms with Crippen molar-refractivity contribution in [2.24, 2.45) is 0 Å². The fourth-order valence-electron chi connectivity index (χ4n) is 1.91. The van der Waals surface area contributed by atoms with Crippen LogP contribution in [-0.4, -0.2) is 60.3 Å². The summed E-state index contributed by atoms with van der Waals surface area (Å²) in [6, 6.07) is -0.00271. The van der Waals surface area contributed by atoms with Gasteiger partial charge in [-0.25, -0.2) is 4.79 Å². The van der Waals surface area contributed by atoms with Gasteiger partial charge in [0.1, 0.15) is 5.38 Å². The van der Waals surface area contributed by atoms with Crippen LogP contribution in [0.1, 0.15) is 19.8 Å². The van der Waals surface area contributed by atoms with Crippen molar-refractivity contribution in [2.45, 2.75) is 31.2 Å². The average molecular weight is 262 g/mol. The standard InChI is InChI=1S/C11H20ClN3O2/c1-8(12)10(16)13-11(17)15(3)7-9-5-4-6-14(9)2/h8-9H,4-7H2,1-3H3,(H,13,16,17). The maximum Gasteiger partial charge on any atom is 0.323 e. The van der Waals surface area contributed by atoms with Crippen LogP contribution in [0.2, 0.25) is 0 Å². The highest BCUT2D eigenvalue weighted by Gasteiger charge is 2.24. The van der Waals surface area contributed by atoms with Crippen LogP contribution in [0, 0.1) is 0 Å². The molecule has 0 spiro atoms. The van der Waals surface area contributed by atoms with Gasteiger partial charge in [-0.3, -0.25) is 10.1 Å². The topological polar surface area (TPSA) is 52.7 Å². The largest absolute Gasteiger partial charge is 0.326 e. The van der Waals surface area contributed by atoms with E-state index >= 15 is 0 Å². The number of alkyl halides is 1. The van der Waals surface area contributed by atoms with Gasteiger partial charge in [0, 0.05) is 19.6 Å². The Morgan fingerprint density at radius 3 is 2.71 bits per heavy atom. The Hall–Kier alpha value is -0.810. The Morgan fingerprint density at radius 2 is 2.24 bits per heavy atom. The molecule has 0 radical (unpaired) electrons. The smallest absolute Gasteiger partial charge is 0.323 e. The first kappa shape index (κ1) is 14.3. The van der Waals surface area contributed by atoms with E-state index in [1.165, 1.54) is 11.8 Å². The van der Waals surface area contributed by atoms with Gasteiger partial charge in [-0.15, -0.1) is 11.6 Å². The first-order valence-corrected chi connectivity index (χ1v) is 6.25. The molecule has 6 heteroatoms. The SMILES string of the molecule is CC(Cl)C(=O)NC(=O)N(C)CC1CCCN1C. The fraction of sp³-hybridized carbons (Fsp3) is 0.818. The molecular weight excluding hydrogens is 242 g/mol. The van der Waals surface area contributed by atoms with Crippen molar-refractivity contribution in [3.63, 3.8) is 0 Å². The maximum atomic E-state index is 11.7. The van der Waals surface area contributed by atoms with E-state index in [0.717, 1.165) is 19.4 Å². The molecule has 0 aromatic rings. The lowest BCUT2D eigenvalue weighted by Crippen LogP contribution is -2.47. The van der Waals surface area contributed by atoms with E-state index < -0.39 is 11.3 Å². The molecule has 1 rings (SSSR count). The molecule has 5 nitrogen and oxygen atoms in total. The van der Waals surface area contributed by atoms with Crippen LogP contribution in [0.15, 0.2) is 0 Å². The van der Waals surface area contributed by atoms with Gasteiger partial charge in [-0.2, -0.15) is 0 Å². The highest BCUT2D eigenvalue weighted by atomic mass is 35.5. The van der Waals surface area contributed by atoms with E-state index in [9.17, 15) is 9.59 Å². The van der Waals surface area contributed by atoms with Crippen molar-refractivity contribution in [1.29, 1.82) is 0 Å². The van der Waals surface area contributed by atoms with Crippen LogP contribution < -0.4 is 5.32 Å². The second-order valence-electron chi connectivity index (χ2n) is 4.57. The summed E-state index contributed by atoms with van der Waals surface area (Å²) >= 11 is 5.58. The molecule has 0 aromatic carbocycles. The molecule has 0 aliphatic carbocycles. The summed E-state index contributed by atoms with van der Waals surface area (Å²) in [5.41, 5.74) is 0. The second-order valence-corrected chi connectivity index (χ2v) is 5.22. The third-order valence-corrected chi connectivity index (χ3v) is 3.29. The summed E-state index contributed by atoms with van der Waals surface area (Å²) < 4.78 is 0. The van der Waals surface area contributed by atoms with Crippen molar-refractivity contribution in [3.8, 4) is 0 Å². The maximum absolute atomic E-state index is 11.7. The van der Waals surface area contributed by atoms with Gasteiger partial charge in [-0.1, -0.05) is 0 Å². The molecule has 1 fully saturated rings. The monoisotopic (exact) mass is 261 g/mol. The predicted octanol–water partition coefficient (Wildman–Crippen LogP) is 0.876. The number of nitrogens with zero attached hydrogens (tertiary/aromatic N) is 2. The second kappa shape index (κ2) is 6.21. The lowest BCUT2D eigenvalue weighted by molar-refractivity contribution is -0.119. The first-order chi connectivity index (χ1) is 7.91. The summed E-state index contributed by atoms with van der Waals surface area (Å²) in [4.78, 5) is 26.7. The summed E-state index contributed by atoms with van der Waals surface area (Å²) in [6.45, 7) is 3.24. The van der Waals surface area contributed by atoms with E-state index in [-0.39, 0.29) is 6.03 Å². The summed E-state index contributed by atoms with van der Waals surface area (Å²) in [5, 5.41) is 1.57. The third kappa shape index (κ3) is 4.16. The van der Waals surface area contributed by atoms with Crippen LogP contribution in [0.25, 0.3) is 0 Å². The van der Waals surface area contributed by atoms with Gasteiger partial charge in [0.15, 0.2) is 0 Å². The van der Waals surface area contributed by atoms with Gasteiger partial charge >= 0.3 is 6.03 Å². The van der Waals surface area contributed by atoms with Gasteiger partial charge in [-0.05, 0) is 33.4 Å². The average Bonchev–Trinajstić information content (AvgIpc) is 2.64. The third-order valence-electron chi connectivity index (χ3n) is 3.09. The lowest BCUT2D eigenvalue weighted by atomic mass is 10.2. The highest BCUT2D eigenvalue weighted by molar-refractivity contribution is 6.31. The van der Waals surface area contributed by atoms with Crippen LogP contribution in [0.4, 0.5) is 4.79 Å². The number of rotatable bonds is 3. The quantitative estimate of drug-likeness (QED) is 0.768. The number of carbonyl (C=O) groups is 2. The fourth-order valence-corrected chi connectivity index (χ4v) is 1.96. The van der Waals surface area contributed by atoms with Gasteiger partial charge in [0.2, 0.25) is 5.91 Å². The zero-order chi connectivity index (χ0) is 13.0. The number of imide groups is 1. The van der Waals surface area contributed by atoms with Gasteiger partial charge in [0.05, 0.1) is 0 Å². The molecule has 1 aliphatic heterocycles. The van der Waals surface area contributed by atoms with Crippen molar-refractivity contribution in [3.05, 3.63) is 0 Å². The van der Waals surface area contributed by atoms with E-state index in [1.807, 2.05) is 0 Å². The molecule has 98 valence electrons.